The Balaban J connectivity index is 2.01. The van der Waals surface area contributed by atoms with E-state index in [1.54, 1.807) is 0 Å². The third-order valence-electron chi connectivity index (χ3n) is 6.19. The molecule has 1 heterocycles. The maximum Gasteiger partial charge on any atom is 0.401 e. The standard InChI is InChI=1S/C27H26BrF4N3O6/c1-39-20-7-8-22(35-24(20)15-3-5-18(29)17(28)11-15)26(9-10-36,27(30,31)32)14-34-25(38)16-4-6-19(21(12-16)40-2)41-13-23(33)37/h3-8,11-12,36H,9-10,13-14H2,1-2H3,(H2,33,37)(H,34,38). The number of carbonyl (C=O) groups excluding carboxylic acids is 2. The summed E-state index contributed by atoms with van der Waals surface area (Å²) < 4.78 is 73.9. The molecule has 0 aliphatic rings. The molecule has 4 N–H and O–H groups in total. The molecule has 9 nitrogen and oxygen atoms in total. The first kappa shape index (κ1) is 31.6. The molecule has 0 aliphatic carbocycles. The fraction of sp³-hybridized carbons (Fsp3) is 0.296. The van der Waals surface area contributed by atoms with Crippen molar-refractivity contribution in [2.24, 2.45) is 5.73 Å². The number of nitrogens with two attached hydrogens (primary N) is 1. The highest BCUT2D eigenvalue weighted by molar-refractivity contribution is 9.10. The number of ether oxygens (including phenoxy) is 3. The number of halogens is 5. The first-order valence-electron chi connectivity index (χ1n) is 11.9. The average Bonchev–Trinajstić information content (AvgIpc) is 2.94. The van der Waals surface area contributed by atoms with E-state index < -0.39 is 61.1 Å². The van der Waals surface area contributed by atoms with Gasteiger partial charge in [0, 0.05) is 24.3 Å². The van der Waals surface area contributed by atoms with Gasteiger partial charge >= 0.3 is 6.18 Å². The molecule has 41 heavy (non-hydrogen) atoms. The molecule has 0 spiro atoms. The zero-order chi connectivity index (χ0) is 30.4. The van der Waals surface area contributed by atoms with Gasteiger partial charge in [-0.2, -0.15) is 13.2 Å². The van der Waals surface area contributed by atoms with E-state index in [0.29, 0.717) is 0 Å². The summed E-state index contributed by atoms with van der Waals surface area (Å²) in [7, 11) is 2.58. The first-order chi connectivity index (χ1) is 19.4. The second-order valence-electron chi connectivity index (χ2n) is 8.73. The molecule has 3 aromatic rings. The van der Waals surface area contributed by atoms with Crippen LogP contribution in [0.3, 0.4) is 0 Å². The molecule has 0 saturated carbocycles. The third-order valence-corrected chi connectivity index (χ3v) is 6.80. The number of nitrogens with one attached hydrogen (secondary N) is 1. The van der Waals surface area contributed by atoms with Crippen molar-refractivity contribution in [1.82, 2.24) is 10.3 Å². The van der Waals surface area contributed by atoms with Crippen molar-refractivity contribution in [3.8, 4) is 28.5 Å². The second kappa shape index (κ2) is 13.2. The van der Waals surface area contributed by atoms with Gasteiger partial charge in [-0.3, -0.25) is 9.59 Å². The quantitative estimate of drug-likeness (QED) is 0.253. The lowest BCUT2D eigenvalue weighted by Crippen LogP contribution is -2.52. The van der Waals surface area contributed by atoms with Gasteiger partial charge in [-0.15, -0.1) is 0 Å². The van der Waals surface area contributed by atoms with Crippen LogP contribution < -0.4 is 25.3 Å². The molecule has 0 fully saturated rings. The highest BCUT2D eigenvalue weighted by atomic mass is 79.9. The molecule has 0 radical (unpaired) electrons. The smallest absolute Gasteiger partial charge is 0.401 e. The SMILES string of the molecule is COc1cc(C(=O)NCC(CCO)(c2ccc(OC)c(-c3ccc(F)c(Br)c3)n2)C(F)(F)F)ccc1OCC(N)=O. The van der Waals surface area contributed by atoms with Crippen LogP contribution in [0.25, 0.3) is 11.3 Å². The highest BCUT2D eigenvalue weighted by Crippen LogP contribution is 2.44. The number of primary amides is 1. The number of aliphatic hydroxyl groups excluding tert-OH is 1. The molecule has 1 aromatic heterocycles. The predicted molar refractivity (Wildman–Crippen MR) is 143 cm³/mol. The Morgan fingerprint density at radius 3 is 2.29 bits per heavy atom. The van der Waals surface area contributed by atoms with E-state index in [-0.39, 0.29) is 38.5 Å². The van der Waals surface area contributed by atoms with Crippen LogP contribution in [0.1, 0.15) is 22.5 Å². The summed E-state index contributed by atoms with van der Waals surface area (Å²) in [4.78, 5) is 28.2. The number of benzene rings is 2. The van der Waals surface area contributed by atoms with Gasteiger partial charge in [0.2, 0.25) is 0 Å². The normalized spacial score (nSPS) is 12.8. The molecule has 3 rings (SSSR count). The molecule has 0 saturated heterocycles. The average molecular weight is 644 g/mol. The number of nitrogens with zero attached hydrogens (tertiary/aromatic N) is 1. The Morgan fingerprint density at radius 1 is 1.02 bits per heavy atom. The molecular weight excluding hydrogens is 618 g/mol. The number of carbonyl (C=O) groups is 2. The number of hydrogen-bond donors (Lipinski definition) is 3. The van der Waals surface area contributed by atoms with E-state index in [1.807, 2.05) is 0 Å². The Labute approximate surface area is 240 Å². The van der Waals surface area contributed by atoms with Crippen LogP contribution in [0.2, 0.25) is 0 Å². The minimum absolute atomic E-state index is 0.000114. The van der Waals surface area contributed by atoms with Crippen molar-refractivity contribution in [1.29, 1.82) is 0 Å². The largest absolute Gasteiger partial charge is 0.494 e. The Bertz CT molecular complexity index is 1420. The first-order valence-corrected chi connectivity index (χ1v) is 12.7. The van der Waals surface area contributed by atoms with Gasteiger partial charge in [-0.1, -0.05) is 0 Å². The fourth-order valence-corrected chi connectivity index (χ4v) is 4.40. The summed E-state index contributed by atoms with van der Waals surface area (Å²) in [5.41, 5.74) is 1.96. The maximum atomic E-state index is 14.8. The molecular formula is C27H26BrF4N3O6. The number of rotatable bonds is 12. The Hall–Kier alpha value is -3.91. The topological polar surface area (TPSA) is 133 Å². The van der Waals surface area contributed by atoms with Crippen LogP contribution in [0.15, 0.2) is 53.0 Å². The van der Waals surface area contributed by atoms with Crippen LogP contribution >= 0.6 is 15.9 Å². The molecule has 1 atom stereocenters. The zero-order valence-corrected chi connectivity index (χ0v) is 23.4. The van der Waals surface area contributed by atoms with Crippen molar-refractivity contribution in [2.45, 2.75) is 18.0 Å². The Morgan fingerprint density at radius 2 is 1.71 bits per heavy atom. The zero-order valence-electron chi connectivity index (χ0n) is 21.9. The van der Waals surface area contributed by atoms with Gasteiger partial charge in [0.05, 0.1) is 24.4 Å². The van der Waals surface area contributed by atoms with Crippen LogP contribution in [0.5, 0.6) is 17.2 Å². The lowest BCUT2D eigenvalue weighted by Gasteiger charge is -2.35. The van der Waals surface area contributed by atoms with Gasteiger partial charge in [0.25, 0.3) is 11.8 Å². The van der Waals surface area contributed by atoms with Crippen LogP contribution in [-0.2, 0) is 10.2 Å². The van der Waals surface area contributed by atoms with Crippen molar-refractivity contribution in [3.05, 3.63) is 70.1 Å². The van der Waals surface area contributed by atoms with E-state index in [2.05, 4.69) is 26.2 Å². The number of pyridine rings is 1. The van der Waals surface area contributed by atoms with E-state index in [1.165, 1.54) is 50.6 Å². The van der Waals surface area contributed by atoms with Gasteiger partial charge in [-0.05, 0) is 70.9 Å². The molecule has 220 valence electrons. The monoisotopic (exact) mass is 643 g/mol. The number of alkyl halides is 3. The number of aromatic nitrogens is 1. The lowest BCUT2D eigenvalue weighted by molar-refractivity contribution is -0.194. The minimum atomic E-state index is -4.98. The van der Waals surface area contributed by atoms with E-state index in [9.17, 15) is 32.3 Å². The Kier molecular flexibility index (Phi) is 10.2. The summed E-state index contributed by atoms with van der Waals surface area (Å²) in [6.45, 7) is -2.31. The van der Waals surface area contributed by atoms with E-state index in [0.717, 1.165) is 12.1 Å². The molecule has 0 aliphatic heterocycles. The van der Waals surface area contributed by atoms with Gasteiger partial charge < -0.3 is 30.4 Å². The molecule has 0 bridgehead atoms. The van der Waals surface area contributed by atoms with Gasteiger partial charge in [-0.25, -0.2) is 9.37 Å². The third kappa shape index (κ3) is 7.06. The highest BCUT2D eigenvalue weighted by Gasteiger charge is 2.56. The van der Waals surface area contributed by atoms with Crippen molar-refractivity contribution < 1.29 is 46.5 Å². The van der Waals surface area contributed by atoms with Crippen LogP contribution in [0.4, 0.5) is 17.6 Å². The number of hydrogen-bond acceptors (Lipinski definition) is 7. The second-order valence-corrected chi connectivity index (χ2v) is 9.59. The summed E-state index contributed by atoms with van der Waals surface area (Å²) in [5, 5.41) is 12.0. The maximum absolute atomic E-state index is 14.8. The summed E-state index contributed by atoms with van der Waals surface area (Å²) in [6.07, 6.45) is -5.80. The van der Waals surface area contributed by atoms with Crippen molar-refractivity contribution in [2.75, 3.05) is 34.0 Å². The minimum Gasteiger partial charge on any atom is -0.494 e. The van der Waals surface area contributed by atoms with E-state index >= 15 is 0 Å². The van der Waals surface area contributed by atoms with Crippen LogP contribution in [0, 0.1) is 5.82 Å². The number of aliphatic hydroxyl groups is 1. The molecule has 1 unspecified atom stereocenters. The van der Waals surface area contributed by atoms with Crippen molar-refractivity contribution in [3.63, 3.8) is 0 Å². The number of amides is 2. The summed E-state index contributed by atoms with van der Waals surface area (Å²) in [5.74, 6) is -1.95. The molecule has 2 aromatic carbocycles. The number of methoxy groups -OCH3 is 2. The van der Waals surface area contributed by atoms with Crippen molar-refractivity contribution >= 4 is 27.7 Å². The molecule has 14 heteroatoms. The van der Waals surface area contributed by atoms with Gasteiger partial charge in [0.1, 0.15) is 22.7 Å². The molecule has 2 amide bonds. The predicted octanol–water partition coefficient (Wildman–Crippen LogP) is 4.14. The summed E-state index contributed by atoms with van der Waals surface area (Å²) in [6, 6.07) is 9.98. The lowest BCUT2D eigenvalue weighted by atomic mass is 9.79. The fourth-order valence-electron chi connectivity index (χ4n) is 4.02. The summed E-state index contributed by atoms with van der Waals surface area (Å²) >= 11 is 3.06. The van der Waals surface area contributed by atoms with Gasteiger partial charge in [0.15, 0.2) is 18.1 Å². The van der Waals surface area contributed by atoms with Crippen LogP contribution in [-0.4, -0.2) is 62.1 Å². The van der Waals surface area contributed by atoms with E-state index in [4.69, 9.17) is 19.9 Å².